The van der Waals surface area contributed by atoms with E-state index in [4.69, 9.17) is 9.47 Å². The van der Waals surface area contributed by atoms with Crippen LogP contribution in [0.4, 0.5) is 5.69 Å². The number of rotatable bonds is 27. The first kappa shape index (κ1) is 61.8. The van der Waals surface area contributed by atoms with Crippen molar-refractivity contribution in [1.82, 2.24) is 32.8 Å². The smallest absolute Gasteiger partial charge is 0.329 e. The molecule has 4 N–H and O–H groups in total. The summed E-state index contributed by atoms with van der Waals surface area (Å²) in [4.78, 5) is 112. The van der Waals surface area contributed by atoms with Crippen molar-refractivity contribution in [1.29, 1.82) is 0 Å². The Morgan fingerprint density at radius 1 is 0.505 bits per heavy atom. The van der Waals surface area contributed by atoms with E-state index in [1.807, 2.05) is 134 Å². The highest BCUT2D eigenvalue weighted by Crippen LogP contribution is 2.37. The summed E-state index contributed by atoms with van der Waals surface area (Å²) in [5, 5.41) is 18.6. The average Bonchev–Trinajstić information content (AvgIpc) is 1.72. The van der Waals surface area contributed by atoms with Gasteiger partial charge in [0.2, 0.25) is 11.6 Å². The van der Waals surface area contributed by atoms with Crippen molar-refractivity contribution in [2.75, 3.05) is 45.3 Å². The lowest BCUT2D eigenvalue weighted by atomic mass is 9.98. The summed E-state index contributed by atoms with van der Waals surface area (Å²) in [7, 11) is 4.08. The van der Waals surface area contributed by atoms with Crippen molar-refractivity contribution in [2.24, 2.45) is 0 Å². The lowest BCUT2D eigenvalue weighted by Gasteiger charge is -2.23. The maximum atomic E-state index is 14.3. The van der Waals surface area contributed by atoms with Gasteiger partial charge in [0.05, 0.1) is 57.4 Å². The van der Waals surface area contributed by atoms with Gasteiger partial charge in [0.15, 0.2) is 0 Å². The molecule has 20 heteroatoms. The van der Waals surface area contributed by atoms with Crippen LogP contribution in [0.25, 0.3) is 55.1 Å². The van der Waals surface area contributed by atoms with Gasteiger partial charge in [-0.1, -0.05) is 60.7 Å². The molecule has 0 bridgehead atoms. The summed E-state index contributed by atoms with van der Waals surface area (Å²) in [6.07, 6.45) is 9.42. The van der Waals surface area contributed by atoms with Crippen LogP contribution in [0.3, 0.4) is 0 Å². The molecule has 11 rings (SSSR count). The largest absolute Gasteiger partial charge is 0.494 e. The first-order valence-electron chi connectivity index (χ1n) is 30.1. The lowest BCUT2D eigenvalue weighted by Crippen LogP contribution is -2.37. The summed E-state index contributed by atoms with van der Waals surface area (Å²) in [5.41, 5.74) is 7.50. The second kappa shape index (κ2) is 26.9. The Bertz CT molecular complexity index is 4560. The molecule has 0 aliphatic heterocycles. The number of carbonyl (C=O) groups excluding carboxylic acids is 2. The second-order valence-corrected chi connectivity index (χ2v) is 22.9. The summed E-state index contributed by atoms with van der Waals surface area (Å²) in [6, 6.07) is 44.7. The SMILES string of the molecule is Cc1c(-c2ccc(OCCCCCN(CCCCCOc3ccc(-c4c(C)c(C(=O)c5ccc6c(=O)n(CC(=O)O)c(=O)[nH]c6c5)n5ccccc45)cc3)Cc3ccc(N(C)C)cc3)cc2)c2ccccn2c1C(=O)c1ccc2c(=O)n(CC(=O)O)c(=O)[nH]c2c1. The second-order valence-electron chi connectivity index (χ2n) is 22.9. The van der Waals surface area contributed by atoms with Crippen molar-refractivity contribution in [2.45, 2.75) is 72.0 Å². The van der Waals surface area contributed by atoms with Crippen LogP contribution < -0.4 is 36.9 Å². The molecule has 0 atom stereocenters. The molecule has 0 saturated carbocycles. The van der Waals surface area contributed by atoms with Crippen LogP contribution in [-0.2, 0) is 29.2 Å². The van der Waals surface area contributed by atoms with Crippen molar-refractivity contribution in [3.8, 4) is 33.8 Å². The van der Waals surface area contributed by atoms with Gasteiger partial charge < -0.3 is 43.4 Å². The van der Waals surface area contributed by atoms with Gasteiger partial charge in [-0.15, -0.1) is 0 Å². The Morgan fingerprint density at radius 2 is 0.934 bits per heavy atom. The van der Waals surface area contributed by atoms with E-state index in [1.54, 1.807) is 0 Å². The monoisotopic (exact) mass is 1220 g/mol. The zero-order chi connectivity index (χ0) is 64.0. The van der Waals surface area contributed by atoms with Crippen molar-refractivity contribution < 1.29 is 38.9 Å². The van der Waals surface area contributed by atoms with E-state index in [1.165, 1.54) is 42.0 Å². The fourth-order valence-corrected chi connectivity index (χ4v) is 12.0. The highest BCUT2D eigenvalue weighted by Gasteiger charge is 2.26. The molecular weight excluding hydrogens is 1160 g/mol. The molecule has 0 saturated heterocycles. The molecule has 5 aromatic carbocycles. The third-order valence-electron chi connectivity index (χ3n) is 16.6. The fourth-order valence-electron chi connectivity index (χ4n) is 12.0. The van der Waals surface area contributed by atoms with Gasteiger partial charge >= 0.3 is 23.3 Å². The molecule has 20 nitrogen and oxygen atoms in total. The molecule has 0 aliphatic carbocycles. The lowest BCUT2D eigenvalue weighted by molar-refractivity contribution is -0.138. The molecule has 0 spiro atoms. The molecule has 91 heavy (non-hydrogen) atoms. The number of nitrogens with zero attached hydrogens (tertiary/aromatic N) is 6. The third-order valence-corrected chi connectivity index (χ3v) is 16.6. The number of unbranched alkanes of at least 4 members (excludes halogenated alkanes) is 4. The molecule has 0 aliphatic rings. The minimum atomic E-state index is -1.33. The number of benzene rings is 5. The van der Waals surface area contributed by atoms with Crippen LogP contribution in [0.5, 0.6) is 11.5 Å². The molecule has 0 radical (unpaired) electrons. The highest BCUT2D eigenvalue weighted by atomic mass is 16.5. The van der Waals surface area contributed by atoms with Gasteiger partial charge in [0, 0.05) is 61.0 Å². The Balaban J connectivity index is 0.671. The first-order valence-corrected chi connectivity index (χ1v) is 30.1. The van der Waals surface area contributed by atoms with Crippen LogP contribution in [0.2, 0.25) is 0 Å². The zero-order valence-corrected chi connectivity index (χ0v) is 50.9. The Morgan fingerprint density at radius 3 is 1.34 bits per heavy atom. The van der Waals surface area contributed by atoms with Crippen LogP contribution in [-0.4, -0.2) is 107 Å². The Hall–Kier alpha value is -10.9. The number of ether oxygens (including phenoxy) is 2. The number of fused-ring (bicyclic) bond motifs is 4. The van der Waals surface area contributed by atoms with Gasteiger partial charge in [-0.25, -0.2) is 18.7 Å². The molecule has 464 valence electrons. The van der Waals surface area contributed by atoms with E-state index in [0.29, 0.717) is 33.7 Å². The number of aromatic nitrogens is 6. The van der Waals surface area contributed by atoms with Crippen molar-refractivity contribution in [3.63, 3.8) is 0 Å². The number of hydrogen-bond acceptors (Lipinski definition) is 12. The average molecular weight is 1230 g/mol. The standard InChI is InChI=1S/C71H68N8O12/c1-44-62(58-15-7-11-35-76(58)64(44)66(84)49-23-31-54-56(39-49)72-70(88)78(68(54)86)42-60(80)81)47-19-27-52(28-20-47)90-37-13-5-9-33-75(41-46-17-25-51(26-18-46)74(3)4)34-10-6-14-38-91-53-29-21-48(22-30-53)63-45(2)65(77-36-12-8-16-59(63)77)67(85)50-24-32-55-57(40-50)73-71(89)79(69(55)87)43-61(82)83/h7-8,11-12,15-32,35-36,39-40H,5-6,9-10,13-14,33-34,37-38,41-43H2,1-4H3,(H,72,88)(H,73,89)(H,80,81)(H,82,83). The number of carbonyl (C=O) groups is 4. The van der Waals surface area contributed by atoms with E-state index < -0.39 is 47.5 Å². The van der Waals surface area contributed by atoms with Gasteiger partial charge in [-0.2, -0.15) is 0 Å². The predicted molar refractivity (Wildman–Crippen MR) is 350 cm³/mol. The van der Waals surface area contributed by atoms with E-state index in [9.17, 15) is 48.6 Å². The van der Waals surface area contributed by atoms with E-state index in [-0.39, 0.29) is 44.5 Å². The number of aliphatic carboxylic acids is 2. The van der Waals surface area contributed by atoms with Gasteiger partial charge in [0.25, 0.3) is 11.1 Å². The number of anilines is 1. The number of carboxylic acids is 2. The van der Waals surface area contributed by atoms with Crippen LogP contribution in [0, 0.1) is 13.8 Å². The molecule has 0 amide bonds. The minimum absolute atomic E-state index is 0.0909. The number of carboxylic acid groups (broad SMARTS) is 2. The zero-order valence-electron chi connectivity index (χ0n) is 50.9. The fraction of sp³-hybridized carbons (Fsp3) is 0.239. The topological polar surface area (TPSA) is 252 Å². The first-order chi connectivity index (χ1) is 43.9. The number of ketones is 2. The summed E-state index contributed by atoms with van der Waals surface area (Å²) < 4.78 is 17.4. The molecular formula is C71H68N8O12. The van der Waals surface area contributed by atoms with E-state index >= 15 is 0 Å². The van der Waals surface area contributed by atoms with Crippen LogP contribution in [0.15, 0.2) is 177 Å². The number of pyridine rings is 2. The Labute approximate surface area is 521 Å². The number of hydrogen-bond donors (Lipinski definition) is 4. The maximum absolute atomic E-state index is 14.3. The minimum Gasteiger partial charge on any atom is -0.494 e. The van der Waals surface area contributed by atoms with Crippen molar-refractivity contribution >= 4 is 62.0 Å². The number of H-pyrrole nitrogens is 2. The third kappa shape index (κ3) is 13.2. The quantitative estimate of drug-likeness (QED) is 0.0276. The molecule has 6 aromatic heterocycles. The summed E-state index contributed by atoms with van der Waals surface area (Å²) in [6.45, 7) is 6.07. The van der Waals surface area contributed by atoms with Gasteiger partial charge in [0.1, 0.15) is 24.6 Å². The van der Waals surface area contributed by atoms with Crippen LogP contribution >= 0.6 is 0 Å². The van der Waals surface area contributed by atoms with E-state index in [2.05, 4.69) is 44.0 Å². The Kier molecular flexibility index (Phi) is 18.2. The highest BCUT2D eigenvalue weighted by molar-refractivity contribution is 6.14. The van der Waals surface area contributed by atoms with Crippen LogP contribution in [0.1, 0.15) is 87.3 Å². The number of nitrogens with one attached hydrogen (secondary N) is 2. The summed E-state index contributed by atoms with van der Waals surface area (Å²) in [5.74, 6) is -1.80. The molecule has 0 fully saturated rings. The predicted octanol–water partition coefficient (Wildman–Crippen LogP) is 10.1. The maximum Gasteiger partial charge on any atom is 0.329 e. The van der Waals surface area contributed by atoms with Gasteiger partial charge in [-0.05, 0) is 178 Å². The normalized spacial score (nSPS) is 11.5. The van der Waals surface area contributed by atoms with Crippen molar-refractivity contribution in [3.05, 3.63) is 239 Å². The molecule has 11 aromatic rings. The van der Waals surface area contributed by atoms with E-state index in [0.717, 1.165) is 120 Å². The molecule has 6 heterocycles. The number of aromatic amines is 2. The molecule has 0 unspecified atom stereocenters. The van der Waals surface area contributed by atoms with Gasteiger partial charge in [-0.3, -0.25) is 33.7 Å². The summed E-state index contributed by atoms with van der Waals surface area (Å²) >= 11 is 0.